The minimum atomic E-state index is -0.921. The van der Waals surface area contributed by atoms with E-state index in [0.717, 1.165) is 99.6 Å². The molecule has 9 amide bonds. The maximum Gasteiger partial charge on any atom is 1.00 e. The van der Waals surface area contributed by atoms with Crippen LogP contribution in [0.2, 0.25) is 0 Å². The third-order valence-corrected chi connectivity index (χ3v) is 20.8. The number of H-pyrrole nitrogens is 1. The van der Waals surface area contributed by atoms with Gasteiger partial charge in [0.05, 0.1) is 33.9 Å². The van der Waals surface area contributed by atoms with Gasteiger partial charge in [0.1, 0.15) is 18.1 Å². The second-order valence-corrected chi connectivity index (χ2v) is 27.5. The van der Waals surface area contributed by atoms with Gasteiger partial charge in [0, 0.05) is 126 Å². The molecule has 3 fully saturated rings. The molecule has 30 heteroatoms. The first-order valence-corrected chi connectivity index (χ1v) is 37.1. The minimum absolute atomic E-state index is 0. The fourth-order valence-corrected chi connectivity index (χ4v) is 15.4. The number of carboxylic acid groups (broad SMARTS) is 1. The van der Waals surface area contributed by atoms with Gasteiger partial charge in [0.15, 0.2) is 0 Å². The number of nitrogens with zero attached hydrogens (tertiary/aromatic N) is 8. The molecular weight excluding hydrogens is 1720 g/mol. The first-order valence-electron chi connectivity index (χ1n) is 35.9. The second-order valence-electron chi connectivity index (χ2n) is 26.7. The number of aryl methyl sites for hydroxylation is 5. The predicted molar refractivity (Wildman–Crippen MR) is 404 cm³/mol. The fourth-order valence-electron chi connectivity index (χ4n) is 15.2. The van der Waals surface area contributed by atoms with Crippen LogP contribution in [-0.2, 0) is 119 Å². The Morgan fingerprint density at radius 3 is 1.22 bits per heavy atom. The van der Waals surface area contributed by atoms with Crippen LogP contribution in [0.25, 0.3) is 32.7 Å². The molecule has 9 heterocycles. The number of nitrogens with one attached hydrogen (secondary N) is 1. The molecule has 3 aromatic heterocycles. The molecule has 572 valence electrons. The maximum atomic E-state index is 13.1. The van der Waals surface area contributed by atoms with E-state index in [0.29, 0.717) is 51.7 Å². The average molecular weight is 1820 g/mol. The van der Waals surface area contributed by atoms with Crippen LogP contribution in [0.4, 0.5) is 14.4 Å². The number of para-hydroxylation sites is 3. The Hall–Kier alpha value is -6.30. The van der Waals surface area contributed by atoms with Gasteiger partial charge in [-0.1, -0.05) is 162 Å². The number of methoxy groups -OCH3 is 2. The fraction of sp³-hybridized carbons (Fsp3) is 0.358. The van der Waals surface area contributed by atoms with Crippen molar-refractivity contribution in [1.82, 2.24) is 43.5 Å². The standard InChI is InChI=1S/C27H29N3O4.C26H27N3O4.C18H19N3O4.C9H11Br.CH2O3.2Cs.Li.2H2O.H/c1-34-25(31)14-8-16-29-26(32)23-17-21-20-12-5-6-13-22(20)28(24(21)18-30(23)27(29)33)15-7-11-19-9-3-2-4-10-19;30-24(31)13-7-15-28-25(32)22-16-20-19-11-4-5-12-21(19)27(23(20)17-29(22)26(28)33)14-6-10-18-8-2-1-3-9-18;1-25-16(22)7-4-8-20-17(23)15-9-12-11-5-2-3-6-13(11)19-14(12)10-21(15)18(20)24;10-8-4-7-9-5-2-1-3-6-9;2-1-4-3;;;;;;/h2-6,9-10,12-13,23H,7-8,11,14-18H2,1H3;1-5,8-9,11-12,22H,6-7,10,13-17H2,(H,30,31);2-3,5-6,15,19H,4,7-10H2,1H3;1-3,5-6H,4,7-8H2;1,3H;;;;2*1H2;/q;;;;;3*+1;;;-1/p-2. The zero-order valence-corrected chi connectivity index (χ0v) is 77.6. The number of alkyl halides is 1. The summed E-state index contributed by atoms with van der Waals surface area (Å²) in [5, 5.41) is 21.8. The van der Waals surface area contributed by atoms with Gasteiger partial charge in [-0.2, -0.15) is 0 Å². The normalized spacial score (nSPS) is 15.9. The molecule has 26 nitrogen and oxygen atoms in total. The van der Waals surface area contributed by atoms with Crippen molar-refractivity contribution in [2.24, 2.45) is 0 Å². The van der Waals surface area contributed by atoms with Gasteiger partial charge in [-0.3, -0.25) is 48.3 Å². The van der Waals surface area contributed by atoms with Gasteiger partial charge in [-0.05, 0) is 109 Å². The van der Waals surface area contributed by atoms with E-state index in [1.165, 1.54) is 69.4 Å². The summed E-state index contributed by atoms with van der Waals surface area (Å²) in [4.78, 5) is 135. The van der Waals surface area contributed by atoms with Crippen LogP contribution < -0.4 is 162 Å². The number of aromatic amines is 1. The molecule has 0 spiro atoms. The molecule has 6 aliphatic heterocycles. The van der Waals surface area contributed by atoms with Gasteiger partial charge in [-0.25, -0.2) is 14.4 Å². The minimum Gasteiger partial charge on any atom is -1.00 e. The topological polar surface area (TPSA) is 348 Å². The van der Waals surface area contributed by atoms with Crippen molar-refractivity contribution in [1.29, 1.82) is 0 Å². The number of rotatable bonds is 24. The number of amides is 9. The summed E-state index contributed by atoms with van der Waals surface area (Å²) in [5.41, 5.74) is 14.1. The molecule has 3 unspecified atom stereocenters. The molecule has 3 saturated heterocycles. The Bertz CT molecular complexity index is 4670. The molecule has 5 N–H and O–H groups in total. The third kappa shape index (κ3) is 22.6. The Morgan fingerprint density at radius 2 is 0.838 bits per heavy atom. The number of carbonyl (C=O) groups excluding carboxylic acids is 9. The van der Waals surface area contributed by atoms with E-state index >= 15 is 0 Å². The Kier molecular flexibility index (Phi) is 38.5. The second kappa shape index (κ2) is 45.7. The van der Waals surface area contributed by atoms with Crippen LogP contribution in [0.3, 0.4) is 0 Å². The van der Waals surface area contributed by atoms with Crippen LogP contribution >= 0.6 is 15.9 Å². The first-order chi connectivity index (χ1) is 51.6. The summed E-state index contributed by atoms with van der Waals surface area (Å²) in [6, 6.07) is 53.7. The van der Waals surface area contributed by atoms with Crippen LogP contribution in [-0.4, -0.2) is 177 Å². The summed E-state index contributed by atoms with van der Waals surface area (Å²) >= 11 is 3.41. The molecule has 0 saturated carbocycles. The van der Waals surface area contributed by atoms with Crippen molar-refractivity contribution >= 4 is 109 Å². The van der Waals surface area contributed by atoms with Crippen molar-refractivity contribution in [2.45, 2.75) is 147 Å². The number of esters is 2. The monoisotopic (exact) mass is 1810 g/mol. The molecule has 0 aliphatic carbocycles. The summed E-state index contributed by atoms with van der Waals surface area (Å²) in [6.07, 6.45) is 9.33. The Balaban J connectivity index is 0.000000271. The van der Waals surface area contributed by atoms with Crippen molar-refractivity contribution in [3.05, 3.63) is 214 Å². The van der Waals surface area contributed by atoms with Crippen LogP contribution in [0, 0.1) is 0 Å². The summed E-state index contributed by atoms with van der Waals surface area (Å²) in [6.45, 7) is 3.39. The number of carboxylic acids is 1. The number of benzene rings is 6. The third-order valence-electron chi connectivity index (χ3n) is 20.3. The Morgan fingerprint density at radius 1 is 0.495 bits per heavy atom. The zero-order chi connectivity index (χ0) is 74.8. The molecule has 6 aliphatic rings. The summed E-state index contributed by atoms with van der Waals surface area (Å²) in [7, 11) is 2.66. The number of aromatic nitrogens is 3. The van der Waals surface area contributed by atoms with Crippen molar-refractivity contribution in [2.75, 3.05) is 39.2 Å². The average Bonchev–Trinajstić information content (AvgIpc) is 1.59. The Labute approximate surface area is 783 Å². The number of halogens is 1. The van der Waals surface area contributed by atoms with E-state index < -0.39 is 24.1 Å². The van der Waals surface area contributed by atoms with E-state index in [-0.39, 0.29) is 269 Å². The zero-order valence-electron chi connectivity index (χ0n) is 64.4. The molecule has 0 bridgehead atoms. The van der Waals surface area contributed by atoms with Gasteiger partial charge >= 0.3 is 193 Å². The molecular formula is C81H91BrCs2LiN9O17. The number of urea groups is 3. The largest absolute Gasteiger partial charge is 1.00 e. The van der Waals surface area contributed by atoms with Crippen LogP contribution in [0.5, 0.6) is 0 Å². The smallest absolute Gasteiger partial charge is 1.00 e. The van der Waals surface area contributed by atoms with Crippen LogP contribution in [0.15, 0.2) is 164 Å². The van der Waals surface area contributed by atoms with Crippen LogP contribution in [0.1, 0.15) is 110 Å². The number of hydrogen-bond acceptors (Lipinski definition) is 15. The molecule has 6 aromatic carbocycles. The number of imide groups is 3. The molecule has 9 aromatic rings. The van der Waals surface area contributed by atoms with Gasteiger partial charge in [0.2, 0.25) is 0 Å². The van der Waals surface area contributed by atoms with E-state index in [1.807, 2.05) is 60.7 Å². The SMILES string of the molecule is BrCCCc1ccccc1.COC(=O)CCCN1C(=O)C2Cc3c([nH]c4ccccc34)CN2C1=O.COC(=O)CCCN1C(=O)C2Cc3c(n(CCCc4ccccc4)c4ccccc34)CN2C1=O.O.O=C(O)CCCN1C(=O)C2Cc3c(n(CCCc4ccccc4)c4ccccc34)CN2C1=O.O=CO[O-].[Cs+].[Cs+].[H-].[Li+].[OH-]. The van der Waals surface area contributed by atoms with E-state index in [1.54, 1.807) is 14.7 Å². The molecule has 111 heavy (non-hydrogen) atoms. The number of hydrogen-bond donors (Lipinski definition) is 2. The number of aliphatic carboxylic acids is 1. The van der Waals surface area contributed by atoms with Crippen molar-refractivity contribution < 1.29 is 242 Å². The van der Waals surface area contributed by atoms with Gasteiger partial charge < -0.3 is 65.9 Å². The van der Waals surface area contributed by atoms with Crippen molar-refractivity contribution in [3.8, 4) is 0 Å². The quantitative estimate of drug-likeness (QED) is 0.0163. The van der Waals surface area contributed by atoms with E-state index in [2.05, 4.69) is 148 Å². The predicted octanol–water partition coefficient (Wildman–Crippen LogP) is 1.13. The molecule has 0 radical (unpaired) electrons. The van der Waals surface area contributed by atoms with Gasteiger partial charge in [-0.15, -0.1) is 0 Å². The first kappa shape index (κ1) is 93.6. The van der Waals surface area contributed by atoms with E-state index in [9.17, 15) is 43.2 Å². The van der Waals surface area contributed by atoms with Gasteiger partial charge in [0.25, 0.3) is 24.2 Å². The molecule has 3 atom stereocenters. The van der Waals surface area contributed by atoms with Crippen molar-refractivity contribution in [3.63, 3.8) is 0 Å². The number of fused-ring (bicyclic) bond motifs is 12. The summed E-state index contributed by atoms with van der Waals surface area (Å²) < 4.78 is 13.9. The van der Waals surface area contributed by atoms with E-state index in [4.69, 9.17) is 15.2 Å². The number of ether oxygens (including phenoxy) is 2. The number of carbonyl (C=O) groups is 10. The molecule has 15 rings (SSSR count). The maximum absolute atomic E-state index is 13.1. The summed E-state index contributed by atoms with van der Waals surface area (Å²) in [5.74, 6) is -2.14.